The number of urea groups is 1. The molecule has 0 radical (unpaired) electrons. The molecular weight excluding hydrogens is 320 g/mol. The second-order valence-corrected chi connectivity index (χ2v) is 6.19. The minimum absolute atomic E-state index is 0.171. The second kappa shape index (κ2) is 9.20. The fourth-order valence-electron chi connectivity index (χ4n) is 2.96. The molecule has 1 aliphatic rings. The number of carbonyl (C=O) groups excluding carboxylic acids is 1. The fourth-order valence-corrected chi connectivity index (χ4v) is 2.96. The van der Waals surface area contributed by atoms with Gasteiger partial charge in [0, 0.05) is 6.54 Å². The van der Waals surface area contributed by atoms with Crippen molar-refractivity contribution in [1.29, 1.82) is 0 Å². The van der Waals surface area contributed by atoms with E-state index in [-0.39, 0.29) is 12.1 Å². The summed E-state index contributed by atoms with van der Waals surface area (Å²) in [7, 11) is 4.71. The van der Waals surface area contributed by atoms with E-state index in [9.17, 15) is 4.79 Å². The van der Waals surface area contributed by atoms with Crippen molar-refractivity contribution in [3.05, 3.63) is 29.8 Å². The zero-order chi connectivity index (χ0) is 18.2. The van der Waals surface area contributed by atoms with Crippen LogP contribution in [0.1, 0.15) is 37.8 Å². The molecule has 2 N–H and O–H groups in total. The lowest BCUT2D eigenvalue weighted by Gasteiger charge is -2.21. The monoisotopic (exact) mass is 348 g/mol. The van der Waals surface area contributed by atoms with E-state index in [1.165, 1.54) is 0 Å². The quantitative estimate of drug-likeness (QED) is 0.741. The van der Waals surface area contributed by atoms with Gasteiger partial charge in [-0.2, -0.15) is 0 Å². The zero-order valence-corrected chi connectivity index (χ0v) is 15.4. The minimum Gasteiger partial charge on any atom is -0.493 e. The van der Waals surface area contributed by atoms with Gasteiger partial charge in [0.1, 0.15) is 0 Å². The average Bonchev–Trinajstić information content (AvgIpc) is 2.65. The summed E-state index contributed by atoms with van der Waals surface area (Å²) in [5.41, 5.74) is 0.880. The van der Waals surface area contributed by atoms with Gasteiger partial charge in [-0.25, -0.2) is 4.79 Å². The Bertz CT molecular complexity index is 590. The fraction of sp³-hybridized carbons (Fsp3) is 0.526. The Morgan fingerprint density at radius 1 is 1.16 bits per heavy atom. The van der Waals surface area contributed by atoms with Crippen LogP contribution in [0, 0.1) is 5.92 Å². The van der Waals surface area contributed by atoms with Crippen molar-refractivity contribution >= 4 is 6.03 Å². The topological polar surface area (TPSA) is 68.8 Å². The Kier molecular flexibility index (Phi) is 6.98. The van der Waals surface area contributed by atoms with E-state index < -0.39 is 0 Å². The molecule has 0 spiro atoms. The molecule has 0 aliphatic heterocycles. The summed E-state index contributed by atoms with van der Waals surface area (Å²) in [6, 6.07) is 3.33. The summed E-state index contributed by atoms with van der Waals surface area (Å²) in [4.78, 5) is 12.2. The molecule has 6 nitrogen and oxygen atoms in total. The van der Waals surface area contributed by atoms with Gasteiger partial charge in [-0.15, -0.1) is 0 Å². The predicted molar refractivity (Wildman–Crippen MR) is 97.5 cm³/mol. The van der Waals surface area contributed by atoms with Gasteiger partial charge in [0.25, 0.3) is 0 Å². The summed E-state index contributed by atoms with van der Waals surface area (Å²) < 4.78 is 16.0. The minimum atomic E-state index is -0.194. The molecule has 0 heterocycles. The van der Waals surface area contributed by atoms with Gasteiger partial charge in [0.05, 0.1) is 27.4 Å². The number of rotatable bonds is 7. The average molecular weight is 348 g/mol. The maximum Gasteiger partial charge on any atom is 0.315 e. The number of hydrogen-bond donors (Lipinski definition) is 2. The van der Waals surface area contributed by atoms with Crippen LogP contribution in [0.2, 0.25) is 0 Å². The molecule has 0 bridgehead atoms. The van der Waals surface area contributed by atoms with E-state index >= 15 is 0 Å². The third-order valence-corrected chi connectivity index (χ3v) is 4.46. The van der Waals surface area contributed by atoms with Gasteiger partial charge in [-0.3, -0.25) is 0 Å². The van der Waals surface area contributed by atoms with Gasteiger partial charge in [-0.05, 0) is 49.8 Å². The summed E-state index contributed by atoms with van der Waals surface area (Å²) in [5.74, 6) is 2.20. The number of nitrogens with one attached hydrogen (secondary N) is 2. The molecule has 1 aliphatic carbocycles. The van der Waals surface area contributed by atoms with Crippen LogP contribution >= 0.6 is 0 Å². The second-order valence-electron chi connectivity index (χ2n) is 6.19. The molecular formula is C19H28N2O4. The lowest BCUT2D eigenvalue weighted by Crippen LogP contribution is -2.39. The van der Waals surface area contributed by atoms with Gasteiger partial charge in [0.2, 0.25) is 5.75 Å². The van der Waals surface area contributed by atoms with Crippen molar-refractivity contribution in [2.75, 3.05) is 27.9 Å². The smallest absolute Gasteiger partial charge is 0.315 e. The van der Waals surface area contributed by atoms with Crippen molar-refractivity contribution in [3.63, 3.8) is 0 Å². The molecule has 0 saturated heterocycles. The normalized spacial score (nSPS) is 17.5. The van der Waals surface area contributed by atoms with Crippen LogP contribution in [0.25, 0.3) is 0 Å². The van der Waals surface area contributed by atoms with E-state index in [4.69, 9.17) is 14.2 Å². The number of allylic oxidation sites excluding steroid dienone is 2. The number of amides is 2. The first kappa shape index (κ1) is 19.0. The number of methoxy groups -OCH3 is 3. The van der Waals surface area contributed by atoms with Gasteiger partial charge >= 0.3 is 6.03 Å². The van der Waals surface area contributed by atoms with Crippen molar-refractivity contribution < 1.29 is 19.0 Å². The van der Waals surface area contributed by atoms with E-state index in [2.05, 4.69) is 22.8 Å². The molecule has 1 aromatic rings. The van der Waals surface area contributed by atoms with E-state index in [0.29, 0.717) is 29.7 Å². The van der Waals surface area contributed by atoms with Crippen LogP contribution < -0.4 is 24.8 Å². The Morgan fingerprint density at radius 2 is 1.84 bits per heavy atom. The molecule has 0 fully saturated rings. The van der Waals surface area contributed by atoms with Gasteiger partial charge < -0.3 is 24.8 Å². The van der Waals surface area contributed by atoms with Crippen LogP contribution in [0.3, 0.4) is 0 Å². The van der Waals surface area contributed by atoms with Gasteiger partial charge in [0.15, 0.2) is 11.5 Å². The molecule has 1 aromatic carbocycles. The Hall–Kier alpha value is -2.37. The van der Waals surface area contributed by atoms with Crippen molar-refractivity contribution in [1.82, 2.24) is 10.6 Å². The SMILES string of the molecule is COc1cc([C@H](C)NC(=O)NC[C@H]2CC=CCC2)cc(OC)c1OC. The highest BCUT2D eigenvalue weighted by Gasteiger charge is 2.18. The van der Waals surface area contributed by atoms with Crippen LogP contribution in [-0.4, -0.2) is 33.9 Å². The molecule has 0 unspecified atom stereocenters. The van der Waals surface area contributed by atoms with E-state index in [1.807, 2.05) is 19.1 Å². The summed E-state index contributed by atoms with van der Waals surface area (Å²) >= 11 is 0. The number of benzene rings is 1. The molecule has 2 rings (SSSR count). The molecule has 25 heavy (non-hydrogen) atoms. The first-order chi connectivity index (χ1) is 12.1. The highest BCUT2D eigenvalue weighted by atomic mass is 16.5. The van der Waals surface area contributed by atoms with Crippen molar-refractivity contribution in [2.45, 2.75) is 32.2 Å². The summed E-state index contributed by atoms with van der Waals surface area (Å²) in [5, 5.41) is 5.92. The van der Waals surface area contributed by atoms with Crippen molar-refractivity contribution in [2.24, 2.45) is 5.92 Å². The third-order valence-electron chi connectivity index (χ3n) is 4.46. The Labute approximate surface area is 149 Å². The van der Waals surface area contributed by atoms with Gasteiger partial charge in [-0.1, -0.05) is 12.2 Å². The summed E-state index contributed by atoms with van der Waals surface area (Å²) in [6.07, 6.45) is 7.63. The lowest BCUT2D eigenvalue weighted by molar-refractivity contribution is 0.235. The highest BCUT2D eigenvalue weighted by Crippen LogP contribution is 2.39. The predicted octanol–water partition coefficient (Wildman–Crippen LogP) is 3.43. The first-order valence-corrected chi connectivity index (χ1v) is 8.58. The summed E-state index contributed by atoms with van der Waals surface area (Å²) in [6.45, 7) is 2.61. The largest absolute Gasteiger partial charge is 0.493 e. The van der Waals surface area contributed by atoms with Crippen molar-refractivity contribution in [3.8, 4) is 17.2 Å². The van der Waals surface area contributed by atoms with E-state index in [0.717, 1.165) is 24.8 Å². The zero-order valence-electron chi connectivity index (χ0n) is 15.4. The number of hydrogen-bond acceptors (Lipinski definition) is 4. The maximum atomic E-state index is 12.2. The molecule has 0 saturated carbocycles. The molecule has 6 heteroatoms. The highest BCUT2D eigenvalue weighted by molar-refractivity contribution is 5.74. The molecule has 138 valence electrons. The number of ether oxygens (including phenoxy) is 3. The molecule has 2 amide bonds. The first-order valence-electron chi connectivity index (χ1n) is 8.58. The molecule has 2 atom stereocenters. The van der Waals surface area contributed by atoms with Crippen LogP contribution in [0.15, 0.2) is 24.3 Å². The maximum absolute atomic E-state index is 12.2. The molecule has 0 aromatic heterocycles. The van der Waals surface area contributed by atoms with Crippen LogP contribution in [0.5, 0.6) is 17.2 Å². The third kappa shape index (κ3) is 5.05. The lowest BCUT2D eigenvalue weighted by atomic mass is 9.94. The van der Waals surface area contributed by atoms with E-state index in [1.54, 1.807) is 21.3 Å². The van der Waals surface area contributed by atoms with Crippen LogP contribution in [0.4, 0.5) is 4.79 Å². The number of carbonyl (C=O) groups is 1. The standard InChI is InChI=1S/C19H28N2O4/c1-13(21-19(22)20-12-14-8-6-5-7-9-14)15-10-16(23-2)18(25-4)17(11-15)24-3/h5-6,10-11,13-14H,7-9,12H2,1-4H3,(H2,20,21,22)/t13-,14-/m0/s1. The van der Waals surface area contributed by atoms with Crippen LogP contribution in [-0.2, 0) is 0 Å². The Morgan fingerprint density at radius 3 is 2.36 bits per heavy atom. The Balaban J connectivity index is 1.98.